The van der Waals surface area contributed by atoms with E-state index < -0.39 is 0 Å². The van der Waals surface area contributed by atoms with Crippen molar-refractivity contribution >= 4 is 0 Å². The van der Waals surface area contributed by atoms with Crippen molar-refractivity contribution in [2.45, 2.75) is 52.9 Å². The standard InChI is InChI=1S/C17H35NO2/c1-17(2,3)16-8-7-15(13-18)14(12-16)6-5-9-20-11-10-19-4/h14-16H,5-13,18H2,1-4H3. The van der Waals surface area contributed by atoms with Crippen molar-refractivity contribution in [1.82, 2.24) is 0 Å². The van der Waals surface area contributed by atoms with Crippen LogP contribution in [0.1, 0.15) is 52.9 Å². The quantitative estimate of drug-likeness (QED) is 0.695. The zero-order chi connectivity index (χ0) is 15.0. The van der Waals surface area contributed by atoms with Crippen molar-refractivity contribution in [3.63, 3.8) is 0 Å². The van der Waals surface area contributed by atoms with Crippen LogP contribution in [0.5, 0.6) is 0 Å². The van der Waals surface area contributed by atoms with E-state index in [9.17, 15) is 0 Å². The monoisotopic (exact) mass is 285 g/mol. The number of ether oxygens (including phenoxy) is 2. The van der Waals surface area contributed by atoms with Gasteiger partial charge in [0.05, 0.1) is 13.2 Å². The van der Waals surface area contributed by atoms with Crippen LogP contribution in [0.3, 0.4) is 0 Å². The minimum Gasteiger partial charge on any atom is -0.382 e. The lowest BCUT2D eigenvalue weighted by Crippen LogP contribution is -2.35. The van der Waals surface area contributed by atoms with Crippen LogP contribution in [0.25, 0.3) is 0 Å². The second-order valence-electron chi connectivity index (χ2n) is 7.38. The van der Waals surface area contributed by atoms with Crippen LogP contribution < -0.4 is 5.73 Å². The van der Waals surface area contributed by atoms with Gasteiger partial charge in [-0.15, -0.1) is 0 Å². The molecule has 1 rings (SSSR count). The average Bonchev–Trinajstić information content (AvgIpc) is 2.41. The van der Waals surface area contributed by atoms with Gasteiger partial charge in [0.15, 0.2) is 0 Å². The van der Waals surface area contributed by atoms with E-state index in [-0.39, 0.29) is 0 Å². The van der Waals surface area contributed by atoms with Gasteiger partial charge in [-0.2, -0.15) is 0 Å². The summed E-state index contributed by atoms with van der Waals surface area (Å²) in [4.78, 5) is 0. The lowest BCUT2D eigenvalue weighted by atomic mass is 9.64. The fourth-order valence-electron chi connectivity index (χ4n) is 3.47. The second-order valence-corrected chi connectivity index (χ2v) is 7.38. The minimum absolute atomic E-state index is 0.437. The topological polar surface area (TPSA) is 44.5 Å². The number of nitrogens with two attached hydrogens (primary N) is 1. The highest BCUT2D eigenvalue weighted by atomic mass is 16.5. The summed E-state index contributed by atoms with van der Waals surface area (Å²) in [6.07, 6.45) is 6.44. The maximum Gasteiger partial charge on any atom is 0.0700 e. The Hall–Kier alpha value is -0.120. The zero-order valence-corrected chi connectivity index (χ0v) is 14.0. The van der Waals surface area contributed by atoms with Gasteiger partial charge in [0.2, 0.25) is 0 Å². The molecule has 1 fully saturated rings. The molecule has 0 heterocycles. The SMILES string of the molecule is COCCOCCCC1CC(C(C)(C)C)CCC1CN. The maximum atomic E-state index is 5.97. The fraction of sp³-hybridized carbons (Fsp3) is 1.00. The van der Waals surface area contributed by atoms with Gasteiger partial charge in [-0.05, 0) is 61.8 Å². The molecular weight excluding hydrogens is 250 g/mol. The van der Waals surface area contributed by atoms with E-state index in [0.29, 0.717) is 18.6 Å². The molecule has 0 radical (unpaired) electrons. The molecule has 0 aromatic carbocycles. The van der Waals surface area contributed by atoms with E-state index in [1.54, 1.807) is 7.11 Å². The van der Waals surface area contributed by atoms with Crippen molar-refractivity contribution in [2.75, 3.05) is 33.5 Å². The van der Waals surface area contributed by atoms with Crippen molar-refractivity contribution in [2.24, 2.45) is 28.9 Å². The molecule has 2 N–H and O–H groups in total. The molecule has 20 heavy (non-hydrogen) atoms. The molecule has 0 aliphatic heterocycles. The summed E-state index contributed by atoms with van der Waals surface area (Å²) in [5.74, 6) is 2.38. The molecule has 0 bridgehead atoms. The molecule has 3 nitrogen and oxygen atoms in total. The summed E-state index contributed by atoms with van der Waals surface area (Å²) in [6, 6.07) is 0. The van der Waals surface area contributed by atoms with Gasteiger partial charge in [0, 0.05) is 13.7 Å². The van der Waals surface area contributed by atoms with Gasteiger partial charge in [0.25, 0.3) is 0 Å². The molecule has 3 unspecified atom stereocenters. The molecular formula is C17H35NO2. The fourth-order valence-corrected chi connectivity index (χ4v) is 3.47. The molecule has 0 saturated heterocycles. The van der Waals surface area contributed by atoms with E-state index in [4.69, 9.17) is 15.2 Å². The van der Waals surface area contributed by atoms with E-state index in [2.05, 4.69) is 20.8 Å². The Morgan fingerprint density at radius 3 is 2.40 bits per heavy atom. The molecule has 1 aliphatic carbocycles. The highest BCUT2D eigenvalue weighted by Crippen LogP contribution is 2.43. The van der Waals surface area contributed by atoms with Crippen LogP contribution in [0, 0.1) is 23.2 Å². The first-order valence-corrected chi connectivity index (χ1v) is 8.25. The first-order valence-electron chi connectivity index (χ1n) is 8.25. The molecule has 3 atom stereocenters. The molecule has 0 spiro atoms. The highest BCUT2D eigenvalue weighted by Gasteiger charge is 2.34. The predicted octanol–water partition coefficient (Wildman–Crippen LogP) is 3.47. The summed E-state index contributed by atoms with van der Waals surface area (Å²) in [5, 5.41) is 0. The van der Waals surface area contributed by atoms with Crippen LogP contribution in [0.15, 0.2) is 0 Å². The Morgan fingerprint density at radius 1 is 1.05 bits per heavy atom. The summed E-state index contributed by atoms with van der Waals surface area (Å²) < 4.78 is 10.6. The first kappa shape index (κ1) is 17.9. The highest BCUT2D eigenvalue weighted by molar-refractivity contribution is 4.86. The summed E-state index contributed by atoms with van der Waals surface area (Å²) >= 11 is 0. The first-order chi connectivity index (χ1) is 9.49. The van der Waals surface area contributed by atoms with Gasteiger partial charge in [0.1, 0.15) is 0 Å². The molecule has 0 amide bonds. The Morgan fingerprint density at radius 2 is 1.80 bits per heavy atom. The molecule has 120 valence electrons. The third-order valence-corrected chi connectivity index (χ3v) is 4.96. The maximum absolute atomic E-state index is 5.97. The molecule has 1 aliphatic rings. The molecule has 3 heteroatoms. The van der Waals surface area contributed by atoms with Crippen LogP contribution in [-0.4, -0.2) is 33.5 Å². The predicted molar refractivity (Wildman–Crippen MR) is 84.8 cm³/mol. The Balaban J connectivity index is 2.31. The Kier molecular flexibility index (Phi) is 8.08. The molecule has 1 saturated carbocycles. The van der Waals surface area contributed by atoms with Crippen LogP contribution in [0.2, 0.25) is 0 Å². The summed E-state index contributed by atoms with van der Waals surface area (Å²) in [5.41, 5.74) is 6.41. The Labute approximate surface area is 125 Å². The number of methoxy groups -OCH3 is 1. The van der Waals surface area contributed by atoms with Crippen molar-refractivity contribution in [1.29, 1.82) is 0 Å². The normalized spacial score (nSPS) is 27.8. The zero-order valence-electron chi connectivity index (χ0n) is 14.0. The van der Waals surface area contributed by atoms with Gasteiger partial charge in [-0.1, -0.05) is 20.8 Å². The van der Waals surface area contributed by atoms with Crippen LogP contribution in [-0.2, 0) is 9.47 Å². The molecule has 0 aromatic heterocycles. The van der Waals surface area contributed by atoms with Gasteiger partial charge in [-0.3, -0.25) is 0 Å². The summed E-state index contributed by atoms with van der Waals surface area (Å²) in [7, 11) is 1.71. The minimum atomic E-state index is 0.437. The van der Waals surface area contributed by atoms with Gasteiger partial charge >= 0.3 is 0 Å². The number of rotatable bonds is 8. The van der Waals surface area contributed by atoms with Crippen LogP contribution >= 0.6 is 0 Å². The van der Waals surface area contributed by atoms with Crippen LogP contribution in [0.4, 0.5) is 0 Å². The second kappa shape index (κ2) is 9.01. The number of hydrogen-bond donors (Lipinski definition) is 1. The number of hydrogen-bond acceptors (Lipinski definition) is 3. The largest absolute Gasteiger partial charge is 0.382 e. The third kappa shape index (κ3) is 6.11. The Bertz CT molecular complexity index is 250. The molecule has 0 aromatic rings. The smallest absolute Gasteiger partial charge is 0.0700 e. The van der Waals surface area contributed by atoms with E-state index >= 15 is 0 Å². The summed E-state index contributed by atoms with van der Waals surface area (Å²) in [6.45, 7) is 10.3. The van der Waals surface area contributed by atoms with E-state index in [0.717, 1.165) is 37.3 Å². The third-order valence-electron chi connectivity index (χ3n) is 4.96. The lowest BCUT2D eigenvalue weighted by molar-refractivity contribution is 0.0573. The van der Waals surface area contributed by atoms with Crippen molar-refractivity contribution in [3.05, 3.63) is 0 Å². The van der Waals surface area contributed by atoms with E-state index in [1.165, 1.54) is 25.7 Å². The van der Waals surface area contributed by atoms with Crippen molar-refractivity contribution < 1.29 is 9.47 Å². The van der Waals surface area contributed by atoms with Gasteiger partial charge in [-0.25, -0.2) is 0 Å². The average molecular weight is 285 g/mol. The van der Waals surface area contributed by atoms with E-state index in [1.807, 2.05) is 0 Å². The lowest BCUT2D eigenvalue weighted by Gasteiger charge is -2.41. The van der Waals surface area contributed by atoms with Crippen molar-refractivity contribution in [3.8, 4) is 0 Å². The van der Waals surface area contributed by atoms with Gasteiger partial charge < -0.3 is 15.2 Å².